The number of nitrogens with zero attached hydrogens (tertiary/aromatic N) is 2. The van der Waals surface area contributed by atoms with Crippen LogP contribution in [0.5, 0.6) is 5.75 Å². The first kappa shape index (κ1) is 14.9. The van der Waals surface area contributed by atoms with Crippen LogP contribution in [-0.4, -0.2) is 31.2 Å². The number of hydrogen-bond acceptors (Lipinski definition) is 4. The fourth-order valence-corrected chi connectivity index (χ4v) is 2.96. The smallest absolute Gasteiger partial charge is 0.119 e. The number of piperidine rings is 1. The number of nitrogens with one attached hydrogen (secondary N) is 1. The third kappa shape index (κ3) is 3.77. The van der Waals surface area contributed by atoms with Gasteiger partial charge in [-0.05, 0) is 42.7 Å². The van der Waals surface area contributed by atoms with Gasteiger partial charge in [-0.3, -0.25) is 4.98 Å². The van der Waals surface area contributed by atoms with E-state index in [4.69, 9.17) is 4.74 Å². The first-order valence-electron chi connectivity index (χ1n) is 7.86. The summed E-state index contributed by atoms with van der Waals surface area (Å²) in [6.07, 6.45) is 6.21. The predicted octanol–water partition coefficient (Wildman–Crippen LogP) is 2.85. The molecule has 1 N–H and O–H groups in total. The Kier molecular flexibility index (Phi) is 4.91. The number of methoxy groups -OCH3 is 1. The van der Waals surface area contributed by atoms with Crippen LogP contribution in [-0.2, 0) is 6.54 Å². The molecule has 1 aromatic heterocycles. The average Bonchev–Trinajstić information content (AvgIpc) is 2.61. The minimum absolute atomic E-state index is 0.514. The lowest BCUT2D eigenvalue weighted by molar-refractivity contribution is 0.410. The van der Waals surface area contributed by atoms with Gasteiger partial charge in [-0.25, -0.2) is 0 Å². The average molecular weight is 297 g/mol. The van der Waals surface area contributed by atoms with Crippen LogP contribution in [0.4, 0.5) is 5.69 Å². The van der Waals surface area contributed by atoms with E-state index in [0.717, 1.165) is 25.4 Å². The number of benzene rings is 1. The zero-order chi connectivity index (χ0) is 15.2. The van der Waals surface area contributed by atoms with Crippen molar-refractivity contribution in [2.45, 2.75) is 25.4 Å². The summed E-state index contributed by atoms with van der Waals surface area (Å²) in [5.41, 5.74) is 2.48. The van der Waals surface area contributed by atoms with E-state index in [1.54, 1.807) is 7.11 Å². The Hall–Kier alpha value is -2.07. The van der Waals surface area contributed by atoms with Crippen LogP contribution in [0.2, 0.25) is 0 Å². The van der Waals surface area contributed by atoms with Crippen molar-refractivity contribution in [1.29, 1.82) is 0 Å². The second-order valence-electron chi connectivity index (χ2n) is 5.73. The van der Waals surface area contributed by atoms with Crippen LogP contribution >= 0.6 is 0 Å². The molecular weight excluding hydrogens is 274 g/mol. The van der Waals surface area contributed by atoms with E-state index in [2.05, 4.69) is 33.4 Å². The lowest BCUT2D eigenvalue weighted by Crippen LogP contribution is -2.45. The summed E-state index contributed by atoms with van der Waals surface area (Å²) in [5, 5.41) is 3.67. The topological polar surface area (TPSA) is 37.4 Å². The summed E-state index contributed by atoms with van der Waals surface area (Å²) in [7, 11) is 1.71. The van der Waals surface area contributed by atoms with Gasteiger partial charge in [-0.15, -0.1) is 0 Å². The molecule has 0 bridgehead atoms. The molecule has 0 saturated carbocycles. The van der Waals surface area contributed by atoms with Crippen molar-refractivity contribution in [3.05, 3.63) is 54.4 Å². The maximum atomic E-state index is 5.28. The van der Waals surface area contributed by atoms with Crippen molar-refractivity contribution >= 4 is 5.69 Å². The molecule has 4 nitrogen and oxygen atoms in total. The molecule has 2 aromatic rings. The van der Waals surface area contributed by atoms with Gasteiger partial charge in [-0.1, -0.05) is 12.1 Å². The Morgan fingerprint density at radius 3 is 3.09 bits per heavy atom. The maximum absolute atomic E-state index is 5.28. The first-order valence-corrected chi connectivity index (χ1v) is 7.86. The van der Waals surface area contributed by atoms with Crippen LogP contribution < -0.4 is 15.0 Å². The highest BCUT2D eigenvalue weighted by Gasteiger charge is 2.19. The minimum Gasteiger partial charge on any atom is -0.497 e. The number of rotatable bonds is 5. The molecule has 0 spiro atoms. The van der Waals surface area contributed by atoms with Gasteiger partial charge >= 0.3 is 0 Å². The van der Waals surface area contributed by atoms with E-state index in [9.17, 15) is 0 Å². The van der Waals surface area contributed by atoms with E-state index in [1.807, 2.05) is 30.6 Å². The van der Waals surface area contributed by atoms with Gasteiger partial charge in [0.1, 0.15) is 5.75 Å². The second-order valence-corrected chi connectivity index (χ2v) is 5.73. The largest absolute Gasteiger partial charge is 0.497 e. The van der Waals surface area contributed by atoms with Crippen molar-refractivity contribution in [2.24, 2.45) is 0 Å². The molecular formula is C18H23N3O. The Balaban J connectivity index is 1.56. The summed E-state index contributed by atoms with van der Waals surface area (Å²) in [6, 6.07) is 12.9. The van der Waals surface area contributed by atoms with Gasteiger partial charge in [0.25, 0.3) is 0 Å². The van der Waals surface area contributed by atoms with E-state index in [1.165, 1.54) is 24.1 Å². The van der Waals surface area contributed by atoms with Crippen LogP contribution in [0.1, 0.15) is 18.4 Å². The van der Waals surface area contributed by atoms with Crippen molar-refractivity contribution in [3.63, 3.8) is 0 Å². The number of hydrogen-bond donors (Lipinski definition) is 1. The van der Waals surface area contributed by atoms with E-state index in [0.29, 0.717) is 6.04 Å². The van der Waals surface area contributed by atoms with Crippen molar-refractivity contribution in [3.8, 4) is 5.75 Å². The highest BCUT2D eigenvalue weighted by atomic mass is 16.5. The number of anilines is 1. The van der Waals surface area contributed by atoms with Crippen LogP contribution in [0.15, 0.2) is 48.8 Å². The summed E-state index contributed by atoms with van der Waals surface area (Å²) in [6.45, 7) is 3.03. The Morgan fingerprint density at radius 1 is 1.32 bits per heavy atom. The highest BCUT2D eigenvalue weighted by Crippen LogP contribution is 2.19. The quantitative estimate of drug-likeness (QED) is 0.921. The van der Waals surface area contributed by atoms with Crippen molar-refractivity contribution in [1.82, 2.24) is 10.3 Å². The molecule has 0 aliphatic carbocycles. The highest BCUT2D eigenvalue weighted by molar-refractivity contribution is 5.44. The lowest BCUT2D eigenvalue weighted by Gasteiger charge is -2.34. The fourth-order valence-electron chi connectivity index (χ4n) is 2.96. The molecule has 1 aromatic carbocycles. The molecule has 1 unspecified atom stereocenters. The standard InChI is InChI=1S/C18H23N3O/c1-22-18-8-2-5-15(11-18)12-20-16-6-4-10-21(14-16)17-7-3-9-19-13-17/h2-3,5,7-9,11,13,16,20H,4,6,10,12,14H2,1H3. The van der Waals surface area contributed by atoms with Gasteiger partial charge in [0.2, 0.25) is 0 Å². The molecule has 0 amide bonds. The van der Waals surface area contributed by atoms with Gasteiger partial charge in [0.05, 0.1) is 19.0 Å². The van der Waals surface area contributed by atoms with Gasteiger partial charge in [0, 0.05) is 31.9 Å². The summed E-state index contributed by atoms with van der Waals surface area (Å²) < 4.78 is 5.28. The number of pyridine rings is 1. The summed E-state index contributed by atoms with van der Waals surface area (Å²) in [5.74, 6) is 0.917. The first-order chi connectivity index (χ1) is 10.8. The third-order valence-corrected chi connectivity index (χ3v) is 4.16. The van der Waals surface area contributed by atoms with Gasteiger partial charge in [0.15, 0.2) is 0 Å². The van der Waals surface area contributed by atoms with E-state index < -0.39 is 0 Å². The molecule has 2 heterocycles. The van der Waals surface area contributed by atoms with E-state index >= 15 is 0 Å². The van der Waals surface area contributed by atoms with Crippen LogP contribution in [0, 0.1) is 0 Å². The molecule has 1 atom stereocenters. The van der Waals surface area contributed by atoms with E-state index in [-0.39, 0.29) is 0 Å². The summed E-state index contributed by atoms with van der Waals surface area (Å²) in [4.78, 5) is 6.64. The number of ether oxygens (including phenoxy) is 1. The van der Waals surface area contributed by atoms with Crippen LogP contribution in [0.3, 0.4) is 0 Å². The third-order valence-electron chi connectivity index (χ3n) is 4.16. The normalized spacial score (nSPS) is 18.2. The zero-order valence-corrected chi connectivity index (χ0v) is 13.0. The SMILES string of the molecule is COc1cccc(CNC2CCCN(c3cccnc3)C2)c1. The van der Waals surface area contributed by atoms with Crippen molar-refractivity contribution < 1.29 is 4.74 Å². The molecule has 1 saturated heterocycles. The molecule has 1 aliphatic rings. The molecule has 0 radical (unpaired) electrons. The van der Waals surface area contributed by atoms with Gasteiger partial charge < -0.3 is 15.0 Å². The second kappa shape index (κ2) is 7.27. The molecule has 116 valence electrons. The van der Waals surface area contributed by atoms with Crippen LogP contribution in [0.25, 0.3) is 0 Å². The molecule has 3 rings (SSSR count). The minimum atomic E-state index is 0.514. The fraction of sp³-hybridized carbons (Fsp3) is 0.389. The Labute approximate surface area is 132 Å². The van der Waals surface area contributed by atoms with Crippen molar-refractivity contribution in [2.75, 3.05) is 25.1 Å². The summed E-state index contributed by atoms with van der Waals surface area (Å²) >= 11 is 0. The predicted molar refractivity (Wildman–Crippen MR) is 89.3 cm³/mol. The lowest BCUT2D eigenvalue weighted by atomic mass is 10.0. The Bertz CT molecular complexity index is 588. The molecule has 4 heteroatoms. The van der Waals surface area contributed by atoms with Gasteiger partial charge in [-0.2, -0.15) is 0 Å². The maximum Gasteiger partial charge on any atom is 0.119 e. The number of aromatic nitrogens is 1. The molecule has 1 aliphatic heterocycles. The zero-order valence-electron chi connectivity index (χ0n) is 13.0. The Morgan fingerprint density at radius 2 is 2.27 bits per heavy atom. The molecule has 1 fully saturated rings. The molecule has 22 heavy (non-hydrogen) atoms. The monoisotopic (exact) mass is 297 g/mol.